The van der Waals surface area contributed by atoms with Gasteiger partial charge in [-0.3, -0.25) is 9.89 Å². The Labute approximate surface area is 177 Å². The Bertz CT molecular complexity index is 1000. The van der Waals surface area contributed by atoms with Crippen molar-refractivity contribution in [2.24, 2.45) is 0 Å². The summed E-state index contributed by atoms with van der Waals surface area (Å²) >= 11 is 0. The average molecular weight is 427 g/mol. The molecule has 0 radical (unpaired) electrons. The van der Waals surface area contributed by atoms with E-state index in [0.29, 0.717) is 48.9 Å². The standard InChI is InChI=1S/C21H30N6O2Si/c1-30(2,3)11-10-29-14-27-13-17(21(28)22-8-6-16-7-9-24-26-16)19-20(27)23-12-18(25-19)15-4-5-15/h7,9,12-13,15H,4-6,8,10-11,14H2,1-3H3,(H,22,28)(H,24,26). The van der Waals surface area contributed by atoms with Crippen molar-refractivity contribution in [2.75, 3.05) is 13.2 Å². The molecule has 4 rings (SSSR count). The van der Waals surface area contributed by atoms with Crippen LogP contribution < -0.4 is 5.32 Å². The summed E-state index contributed by atoms with van der Waals surface area (Å²) < 4.78 is 7.80. The number of carbonyl (C=O) groups is 1. The van der Waals surface area contributed by atoms with Gasteiger partial charge < -0.3 is 14.6 Å². The molecule has 0 atom stereocenters. The van der Waals surface area contributed by atoms with E-state index in [0.717, 1.165) is 30.3 Å². The Morgan fingerprint density at radius 1 is 1.37 bits per heavy atom. The lowest BCUT2D eigenvalue weighted by molar-refractivity contribution is 0.0892. The Morgan fingerprint density at radius 3 is 2.90 bits per heavy atom. The molecule has 0 unspecified atom stereocenters. The zero-order valence-electron chi connectivity index (χ0n) is 17.9. The quantitative estimate of drug-likeness (QED) is 0.383. The molecule has 8 nitrogen and oxygen atoms in total. The molecule has 0 bridgehead atoms. The number of aromatic amines is 1. The molecule has 30 heavy (non-hydrogen) atoms. The zero-order chi connectivity index (χ0) is 21.1. The fourth-order valence-electron chi connectivity index (χ4n) is 3.28. The first-order valence-corrected chi connectivity index (χ1v) is 14.3. The van der Waals surface area contributed by atoms with E-state index in [4.69, 9.17) is 9.72 Å². The summed E-state index contributed by atoms with van der Waals surface area (Å²) in [7, 11) is -1.15. The van der Waals surface area contributed by atoms with E-state index in [1.54, 1.807) is 6.20 Å². The number of aromatic nitrogens is 5. The van der Waals surface area contributed by atoms with Crippen molar-refractivity contribution in [3.8, 4) is 0 Å². The maximum absolute atomic E-state index is 12.9. The molecule has 0 aliphatic heterocycles. The number of fused-ring (bicyclic) bond motifs is 1. The van der Waals surface area contributed by atoms with Gasteiger partial charge in [0.1, 0.15) is 12.2 Å². The van der Waals surface area contributed by atoms with E-state index in [2.05, 4.69) is 40.1 Å². The molecule has 0 saturated heterocycles. The smallest absolute Gasteiger partial charge is 0.255 e. The van der Waals surface area contributed by atoms with Crippen LogP contribution in [-0.4, -0.2) is 51.9 Å². The highest BCUT2D eigenvalue weighted by molar-refractivity contribution is 6.76. The lowest BCUT2D eigenvalue weighted by Gasteiger charge is -2.15. The van der Waals surface area contributed by atoms with E-state index in [-0.39, 0.29) is 5.91 Å². The Balaban J connectivity index is 1.49. The second-order valence-electron chi connectivity index (χ2n) is 9.19. The van der Waals surface area contributed by atoms with E-state index in [1.807, 2.05) is 23.0 Å². The van der Waals surface area contributed by atoms with Gasteiger partial charge in [0.15, 0.2) is 5.65 Å². The third kappa shape index (κ3) is 5.14. The number of rotatable bonds is 10. The van der Waals surface area contributed by atoms with Crippen LogP contribution in [0.2, 0.25) is 25.7 Å². The van der Waals surface area contributed by atoms with Crippen LogP contribution in [0.1, 0.15) is 40.5 Å². The SMILES string of the molecule is C[Si](C)(C)CCOCn1cc(C(=O)NCCc2ccn[nH]2)c2nc(C3CC3)cnc21. The van der Waals surface area contributed by atoms with Crippen LogP contribution in [0.4, 0.5) is 0 Å². The van der Waals surface area contributed by atoms with Crippen molar-refractivity contribution >= 4 is 25.1 Å². The molecule has 0 spiro atoms. The first-order valence-electron chi connectivity index (χ1n) is 10.6. The molecule has 3 heterocycles. The van der Waals surface area contributed by atoms with E-state index in [1.165, 1.54) is 0 Å². The molecule has 1 aliphatic carbocycles. The van der Waals surface area contributed by atoms with Crippen molar-refractivity contribution in [3.63, 3.8) is 0 Å². The van der Waals surface area contributed by atoms with Crippen molar-refractivity contribution in [1.29, 1.82) is 0 Å². The Hall–Kier alpha value is -2.52. The molecule has 0 aromatic carbocycles. The Kier molecular flexibility index (Phi) is 6.01. The number of amides is 1. The highest BCUT2D eigenvalue weighted by atomic mass is 28.3. The molecule has 1 fully saturated rings. The molecular formula is C21H30N6O2Si. The van der Waals surface area contributed by atoms with Crippen molar-refractivity contribution < 1.29 is 9.53 Å². The minimum atomic E-state index is -1.15. The molecule has 2 N–H and O–H groups in total. The minimum absolute atomic E-state index is 0.136. The van der Waals surface area contributed by atoms with Crippen LogP contribution in [0.3, 0.4) is 0 Å². The van der Waals surface area contributed by atoms with E-state index >= 15 is 0 Å². The number of H-pyrrole nitrogens is 1. The topological polar surface area (TPSA) is 97.7 Å². The van der Waals surface area contributed by atoms with Gasteiger partial charge in [-0.05, 0) is 25.0 Å². The van der Waals surface area contributed by atoms with Gasteiger partial charge in [0.25, 0.3) is 5.91 Å². The average Bonchev–Trinajstić information content (AvgIpc) is 3.30. The first kappa shape index (κ1) is 20.7. The van der Waals surface area contributed by atoms with Gasteiger partial charge in [0, 0.05) is 51.7 Å². The highest BCUT2D eigenvalue weighted by Gasteiger charge is 2.27. The molecule has 3 aromatic heterocycles. The van der Waals surface area contributed by atoms with Gasteiger partial charge in [-0.25, -0.2) is 9.97 Å². The van der Waals surface area contributed by atoms with Crippen LogP contribution in [0.25, 0.3) is 11.2 Å². The molecule has 3 aromatic rings. The fraction of sp³-hybridized carbons (Fsp3) is 0.524. The summed E-state index contributed by atoms with van der Waals surface area (Å²) in [6, 6.07) is 3.01. The molecule has 9 heteroatoms. The number of hydrogen-bond acceptors (Lipinski definition) is 5. The normalized spacial score (nSPS) is 14.4. The van der Waals surface area contributed by atoms with Gasteiger partial charge in [-0.2, -0.15) is 5.10 Å². The molecule has 160 valence electrons. The highest BCUT2D eigenvalue weighted by Crippen LogP contribution is 2.39. The van der Waals surface area contributed by atoms with Crippen LogP contribution in [0.15, 0.2) is 24.7 Å². The van der Waals surface area contributed by atoms with Crippen molar-refractivity contribution in [2.45, 2.75) is 57.6 Å². The first-order chi connectivity index (χ1) is 14.4. The summed E-state index contributed by atoms with van der Waals surface area (Å²) in [5.74, 6) is 0.345. The number of ether oxygens (including phenoxy) is 1. The number of nitrogens with zero attached hydrogens (tertiary/aromatic N) is 4. The lowest BCUT2D eigenvalue weighted by Crippen LogP contribution is -2.25. The van der Waals surface area contributed by atoms with Gasteiger partial charge in [-0.1, -0.05) is 19.6 Å². The van der Waals surface area contributed by atoms with Gasteiger partial charge in [0.2, 0.25) is 0 Å². The molecule has 1 amide bonds. The second-order valence-corrected chi connectivity index (χ2v) is 14.8. The lowest BCUT2D eigenvalue weighted by atomic mass is 10.2. The van der Waals surface area contributed by atoms with Crippen LogP contribution in [0, 0.1) is 0 Å². The molecule has 1 saturated carbocycles. The van der Waals surface area contributed by atoms with Gasteiger partial charge in [0.05, 0.1) is 17.5 Å². The molecular weight excluding hydrogens is 396 g/mol. The number of carbonyl (C=O) groups excluding carboxylic acids is 1. The summed E-state index contributed by atoms with van der Waals surface area (Å²) in [5, 5.41) is 9.83. The van der Waals surface area contributed by atoms with E-state index in [9.17, 15) is 4.79 Å². The van der Waals surface area contributed by atoms with Crippen LogP contribution in [0.5, 0.6) is 0 Å². The zero-order valence-corrected chi connectivity index (χ0v) is 18.9. The monoisotopic (exact) mass is 426 g/mol. The third-order valence-corrected chi connectivity index (χ3v) is 6.99. The molecule has 1 aliphatic rings. The largest absolute Gasteiger partial charge is 0.361 e. The summed E-state index contributed by atoms with van der Waals surface area (Å²) in [5.41, 5.74) is 3.88. The van der Waals surface area contributed by atoms with Crippen LogP contribution >= 0.6 is 0 Å². The predicted molar refractivity (Wildman–Crippen MR) is 118 cm³/mol. The fourth-order valence-corrected chi connectivity index (χ4v) is 4.03. The summed E-state index contributed by atoms with van der Waals surface area (Å²) in [6.45, 7) is 8.61. The van der Waals surface area contributed by atoms with Crippen molar-refractivity contribution in [3.05, 3.63) is 41.6 Å². The van der Waals surface area contributed by atoms with Crippen molar-refractivity contribution in [1.82, 2.24) is 30.0 Å². The maximum atomic E-state index is 12.9. The maximum Gasteiger partial charge on any atom is 0.255 e. The second kappa shape index (κ2) is 8.69. The summed E-state index contributed by atoms with van der Waals surface area (Å²) in [4.78, 5) is 22.3. The number of hydrogen-bond donors (Lipinski definition) is 2. The minimum Gasteiger partial charge on any atom is -0.361 e. The third-order valence-electron chi connectivity index (χ3n) is 5.29. The summed E-state index contributed by atoms with van der Waals surface area (Å²) in [6.07, 6.45) is 8.36. The van der Waals surface area contributed by atoms with E-state index < -0.39 is 8.07 Å². The Morgan fingerprint density at radius 2 is 2.20 bits per heavy atom. The predicted octanol–water partition coefficient (Wildman–Crippen LogP) is 3.32. The van der Waals surface area contributed by atoms with Gasteiger partial charge in [-0.15, -0.1) is 0 Å². The van der Waals surface area contributed by atoms with Crippen LogP contribution in [-0.2, 0) is 17.9 Å². The van der Waals surface area contributed by atoms with Gasteiger partial charge >= 0.3 is 0 Å². The number of nitrogens with one attached hydrogen (secondary N) is 2.